The van der Waals surface area contributed by atoms with Crippen molar-refractivity contribution < 1.29 is 28.8 Å². The van der Waals surface area contributed by atoms with E-state index in [0.29, 0.717) is 6.42 Å². The molecule has 3 heterocycles. The fourth-order valence-corrected chi connectivity index (χ4v) is 3.53. The molecule has 0 bridgehead atoms. The third-order valence-electron chi connectivity index (χ3n) is 4.47. The summed E-state index contributed by atoms with van der Waals surface area (Å²) in [6.07, 6.45) is 5.10. The Labute approximate surface area is 131 Å². The van der Waals surface area contributed by atoms with Crippen molar-refractivity contribution in [3.05, 3.63) is 0 Å². The smallest absolute Gasteiger partial charge is 0.227 e. The van der Waals surface area contributed by atoms with Crippen LogP contribution < -0.4 is 0 Å². The fraction of sp³-hybridized carbons (Fsp3) is 0.875. The third-order valence-corrected chi connectivity index (χ3v) is 4.47. The maximum absolute atomic E-state index is 11.5. The van der Waals surface area contributed by atoms with Gasteiger partial charge in [-0.15, -0.1) is 12.3 Å². The van der Waals surface area contributed by atoms with E-state index in [4.69, 9.17) is 30.1 Å². The zero-order chi connectivity index (χ0) is 16.2. The molecule has 3 rings (SSSR count). The number of hydrogen-bond acceptors (Lipinski definition) is 6. The van der Waals surface area contributed by atoms with Crippen LogP contribution in [0.4, 0.5) is 0 Å². The highest BCUT2D eigenvalue weighted by Crippen LogP contribution is 2.51. The molecule has 3 saturated heterocycles. The molecule has 0 aromatic rings. The molecule has 1 N–H and O–H groups in total. The van der Waals surface area contributed by atoms with Gasteiger partial charge in [0.05, 0.1) is 6.61 Å². The molecule has 124 valence electrons. The lowest BCUT2D eigenvalue weighted by Crippen LogP contribution is -2.70. The quantitative estimate of drug-likeness (QED) is 0.772. The summed E-state index contributed by atoms with van der Waals surface area (Å²) in [6.45, 7) is 7.59. The summed E-state index contributed by atoms with van der Waals surface area (Å²) in [5.41, 5.74) is -1.44. The third kappa shape index (κ3) is 2.37. The van der Waals surface area contributed by atoms with E-state index in [1.54, 1.807) is 13.8 Å². The van der Waals surface area contributed by atoms with Crippen LogP contribution in [0.3, 0.4) is 0 Å². The number of aliphatic hydroxyl groups is 1. The zero-order valence-electron chi connectivity index (χ0n) is 13.5. The summed E-state index contributed by atoms with van der Waals surface area (Å²) in [5.74, 6) is -0.363. The number of terminal acetylenes is 1. The Morgan fingerprint density at radius 3 is 2.45 bits per heavy atom. The van der Waals surface area contributed by atoms with Crippen LogP contribution in [0.2, 0.25) is 0 Å². The van der Waals surface area contributed by atoms with Crippen molar-refractivity contribution in [1.29, 1.82) is 0 Å². The van der Waals surface area contributed by atoms with Crippen molar-refractivity contribution in [2.24, 2.45) is 0 Å². The van der Waals surface area contributed by atoms with Crippen molar-refractivity contribution in [1.82, 2.24) is 0 Å². The van der Waals surface area contributed by atoms with Gasteiger partial charge in [-0.3, -0.25) is 0 Å². The molecule has 6 heteroatoms. The molecule has 1 spiro atoms. The van der Waals surface area contributed by atoms with E-state index in [0.717, 1.165) is 0 Å². The number of ether oxygens (including phenoxy) is 5. The van der Waals surface area contributed by atoms with E-state index in [9.17, 15) is 5.11 Å². The molecule has 0 aromatic heterocycles. The maximum atomic E-state index is 11.5. The van der Waals surface area contributed by atoms with Crippen molar-refractivity contribution in [2.75, 3.05) is 13.2 Å². The Morgan fingerprint density at radius 2 is 1.86 bits per heavy atom. The molecule has 3 fully saturated rings. The summed E-state index contributed by atoms with van der Waals surface area (Å²) >= 11 is 0. The van der Waals surface area contributed by atoms with Crippen LogP contribution >= 0.6 is 0 Å². The van der Waals surface area contributed by atoms with E-state index in [1.807, 2.05) is 13.8 Å². The molecule has 0 amide bonds. The molecule has 0 saturated carbocycles. The Bertz CT molecular complexity index is 493. The van der Waals surface area contributed by atoms with Gasteiger partial charge in [-0.05, 0) is 34.1 Å². The van der Waals surface area contributed by atoms with Crippen molar-refractivity contribution >= 4 is 0 Å². The van der Waals surface area contributed by atoms with Gasteiger partial charge < -0.3 is 28.8 Å². The van der Waals surface area contributed by atoms with Crippen LogP contribution in [0.15, 0.2) is 0 Å². The minimum absolute atomic E-state index is 0.119. The molecular formula is C16H24O6. The lowest BCUT2D eigenvalue weighted by molar-refractivity contribution is -0.367. The second-order valence-electron chi connectivity index (χ2n) is 7.08. The van der Waals surface area contributed by atoms with Crippen molar-refractivity contribution in [3.8, 4) is 12.3 Å². The molecule has 4 atom stereocenters. The largest absolute Gasteiger partial charge is 0.381 e. The minimum Gasteiger partial charge on any atom is -0.381 e. The van der Waals surface area contributed by atoms with Gasteiger partial charge >= 0.3 is 0 Å². The molecular weight excluding hydrogens is 288 g/mol. The van der Waals surface area contributed by atoms with Crippen LogP contribution in [-0.2, 0) is 23.7 Å². The molecule has 0 aromatic carbocycles. The normalized spacial score (nSPS) is 45.6. The van der Waals surface area contributed by atoms with Gasteiger partial charge in [-0.25, -0.2) is 0 Å². The first-order chi connectivity index (χ1) is 10.1. The van der Waals surface area contributed by atoms with E-state index in [-0.39, 0.29) is 25.7 Å². The Balaban J connectivity index is 1.96. The predicted molar refractivity (Wildman–Crippen MR) is 76.6 cm³/mol. The van der Waals surface area contributed by atoms with Gasteiger partial charge in [0.2, 0.25) is 5.79 Å². The fourth-order valence-electron chi connectivity index (χ4n) is 3.53. The van der Waals surface area contributed by atoms with E-state index in [2.05, 4.69) is 5.92 Å². The van der Waals surface area contributed by atoms with Gasteiger partial charge in [-0.1, -0.05) is 0 Å². The number of fused-ring (bicyclic) bond motifs is 1. The van der Waals surface area contributed by atoms with E-state index in [1.165, 1.54) is 0 Å². The summed E-state index contributed by atoms with van der Waals surface area (Å²) in [4.78, 5) is 0. The highest BCUT2D eigenvalue weighted by atomic mass is 16.9. The molecule has 0 unspecified atom stereocenters. The second kappa shape index (κ2) is 4.91. The summed E-state index contributed by atoms with van der Waals surface area (Å²) in [7, 11) is 0. The van der Waals surface area contributed by atoms with E-state index >= 15 is 0 Å². The lowest BCUT2D eigenvalue weighted by Gasteiger charge is -2.50. The van der Waals surface area contributed by atoms with Crippen LogP contribution in [0.1, 0.15) is 40.5 Å². The van der Waals surface area contributed by atoms with Crippen LogP contribution in [0, 0.1) is 12.3 Å². The monoisotopic (exact) mass is 312 g/mol. The standard InChI is InChI=1S/C16H24O6/c1-6-7-8-15(17)12-11(20-14(4,5)21-12)9-18-16(15)10-19-13(2,3)22-16/h1,11-12,17H,7-10H2,2-5H3/t11-,12-,15-,16+/m1/s1. The summed E-state index contributed by atoms with van der Waals surface area (Å²) < 4.78 is 29.3. The molecule has 3 aliphatic heterocycles. The molecule has 0 radical (unpaired) electrons. The van der Waals surface area contributed by atoms with Crippen LogP contribution in [0.5, 0.6) is 0 Å². The van der Waals surface area contributed by atoms with E-state index < -0.39 is 29.1 Å². The molecule has 3 aliphatic rings. The number of hydrogen-bond donors (Lipinski definition) is 1. The molecule has 6 nitrogen and oxygen atoms in total. The zero-order valence-corrected chi connectivity index (χ0v) is 13.5. The Kier molecular flexibility index (Phi) is 3.61. The van der Waals surface area contributed by atoms with Gasteiger partial charge in [-0.2, -0.15) is 0 Å². The van der Waals surface area contributed by atoms with Crippen molar-refractivity contribution in [2.45, 2.75) is 75.7 Å². The topological polar surface area (TPSA) is 66.4 Å². The summed E-state index contributed by atoms with van der Waals surface area (Å²) in [5, 5.41) is 11.5. The summed E-state index contributed by atoms with van der Waals surface area (Å²) in [6, 6.07) is 0. The Morgan fingerprint density at radius 1 is 1.14 bits per heavy atom. The second-order valence-corrected chi connectivity index (χ2v) is 7.08. The Hall–Kier alpha value is -0.680. The van der Waals surface area contributed by atoms with Gasteiger partial charge in [0.15, 0.2) is 17.2 Å². The average molecular weight is 312 g/mol. The van der Waals surface area contributed by atoms with Gasteiger partial charge in [0, 0.05) is 6.42 Å². The first kappa shape index (κ1) is 16.2. The molecule has 22 heavy (non-hydrogen) atoms. The highest BCUT2D eigenvalue weighted by molar-refractivity contribution is 5.12. The van der Waals surface area contributed by atoms with Crippen LogP contribution in [-0.4, -0.2) is 53.5 Å². The average Bonchev–Trinajstić information content (AvgIpc) is 2.90. The number of rotatable bonds is 2. The SMILES string of the molecule is C#CCC[C@@]1(O)[C@@H]2OC(C)(C)O[C@@H]2CO[C@]12COC(C)(C)O2. The first-order valence-corrected chi connectivity index (χ1v) is 7.63. The highest BCUT2D eigenvalue weighted by Gasteiger charge is 2.70. The van der Waals surface area contributed by atoms with Gasteiger partial charge in [0.25, 0.3) is 0 Å². The van der Waals surface area contributed by atoms with Crippen molar-refractivity contribution in [3.63, 3.8) is 0 Å². The molecule has 0 aliphatic carbocycles. The minimum atomic E-state index is -1.44. The lowest BCUT2D eigenvalue weighted by atomic mass is 9.78. The predicted octanol–water partition coefficient (Wildman–Crippen LogP) is 1.16. The van der Waals surface area contributed by atoms with Gasteiger partial charge in [0.1, 0.15) is 18.8 Å². The van der Waals surface area contributed by atoms with Crippen LogP contribution in [0.25, 0.3) is 0 Å². The first-order valence-electron chi connectivity index (χ1n) is 7.63. The maximum Gasteiger partial charge on any atom is 0.227 e.